The third kappa shape index (κ3) is 3.81. The lowest BCUT2D eigenvalue weighted by Gasteiger charge is -2.25. The van der Waals surface area contributed by atoms with Gasteiger partial charge < -0.3 is 19.9 Å². The van der Waals surface area contributed by atoms with Gasteiger partial charge in [-0.25, -0.2) is 28.1 Å². The second kappa shape index (κ2) is 7.90. The Morgan fingerprint density at radius 1 is 1.11 bits per heavy atom. The van der Waals surface area contributed by atoms with E-state index in [4.69, 9.17) is 19.9 Å². The SMILES string of the molecule is CC1(C)O[C@@H]2[C@H](O1)[C@@H](CNS(=O)(=O)c1ccc3cccnc3c1)O[C@H]2n1cnc2c(N)ncnc21. The van der Waals surface area contributed by atoms with Gasteiger partial charge >= 0.3 is 0 Å². The van der Waals surface area contributed by atoms with E-state index < -0.39 is 40.4 Å². The molecule has 2 aliphatic heterocycles. The average molecular weight is 498 g/mol. The third-order valence-electron chi connectivity index (χ3n) is 6.15. The number of benzene rings is 1. The molecular weight excluding hydrogens is 474 g/mol. The highest BCUT2D eigenvalue weighted by Gasteiger charge is 2.56. The molecule has 3 aromatic heterocycles. The highest BCUT2D eigenvalue weighted by molar-refractivity contribution is 7.89. The Morgan fingerprint density at radius 3 is 2.80 bits per heavy atom. The number of nitrogens with one attached hydrogen (secondary N) is 1. The van der Waals surface area contributed by atoms with Crippen molar-refractivity contribution in [2.75, 3.05) is 12.3 Å². The number of hydrogen-bond acceptors (Lipinski definition) is 10. The Bertz CT molecular complexity index is 1540. The lowest BCUT2D eigenvalue weighted by Crippen LogP contribution is -2.39. The van der Waals surface area contributed by atoms with E-state index in [1.165, 1.54) is 6.33 Å². The number of ether oxygens (including phenoxy) is 3. The van der Waals surface area contributed by atoms with Crippen LogP contribution in [-0.4, -0.2) is 63.6 Å². The Kier molecular flexibility index (Phi) is 5.02. The highest BCUT2D eigenvalue weighted by atomic mass is 32.2. The summed E-state index contributed by atoms with van der Waals surface area (Å²) >= 11 is 0. The zero-order valence-corrected chi connectivity index (χ0v) is 19.7. The number of nitrogen functional groups attached to an aromatic ring is 1. The lowest BCUT2D eigenvalue weighted by molar-refractivity contribution is -0.195. The molecule has 2 saturated heterocycles. The minimum absolute atomic E-state index is 0.0244. The fourth-order valence-corrected chi connectivity index (χ4v) is 5.66. The van der Waals surface area contributed by atoms with Crippen molar-refractivity contribution in [2.45, 2.75) is 49.1 Å². The van der Waals surface area contributed by atoms with Crippen LogP contribution in [0.15, 0.2) is 54.1 Å². The first-order valence-electron chi connectivity index (χ1n) is 11.0. The fraction of sp³-hybridized carbons (Fsp3) is 0.364. The maximum atomic E-state index is 13.1. The number of fused-ring (bicyclic) bond motifs is 3. The van der Waals surface area contributed by atoms with Crippen molar-refractivity contribution in [1.82, 2.24) is 29.2 Å². The van der Waals surface area contributed by atoms with Gasteiger partial charge in [-0.1, -0.05) is 12.1 Å². The molecule has 0 radical (unpaired) electrons. The summed E-state index contributed by atoms with van der Waals surface area (Å²) in [6.45, 7) is 3.58. The van der Waals surface area contributed by atoms with Crippen molar-refractivity contribution < 1.29 is 22.6 Å². The first kappa shape index (κ1) is 22.2. The number of nitrogens with zero attached hydrogens (tertiary/aromatic N) is 5. The lowest BCUT2D eigenvalue weighted by atomic mass is 10.1. The van der Waals surface area contributed by atoms with Crippen LogP contribution in [0, 0.1) is 0 Å². The largest absolute Gasteiger partial charge is 0.382 e. The molecule has 0 aliphatic carbocycles. The zero-order valence-electron chi connectivity index (χ0n) is 18.9. The molecule has 12 nitrogen and oxygen atoms in total. The van der Waals surface area contributed by atoms with Crippen LogP contribution < -0.4 is 10.5 Å². The number of nitrogens with two attached hydrogens (primary N) is 1. The van der Waals surface area contributed by atoms with E-state index in [1.54, 1.807) is 55.2 Å². The number of anilines is 1. The smallest absolute Gasteiger partial charge is 0.240 e. The maximum absolute atomic E-state index is 13.1. The average Bonchev–Trinajstić information content (AvgIpc) is 3.49. The van der Waals surface area contributed by atoms with Gasteiger partial charge in [0.1, 0.15) is 30.2 Å². The van der Waals surface area contributed by atoms with E-state index in [2.05, 4.69) is 24.7 Å². The number of aromatic nitrogens is 5. The first-order valence-corrected chi connectivity index (χ1v) is 12.5. The Balaban J connectivity index is 1.27. The summed E-state index contributed by atoms with van der Waals surface area (Å²) in [6, 6.07) is 8.49. The first-order chi connectivity index (χ1) is 16.7. The standard InChI is InChI=1S/C22H23N7O5S/c1-22(2)33-17-15(9-28-35(30,31)13-6-5-12-4-3-7-24-14(12)8-13)32-21(18(17)34-22)29-11-27-16-19(23)25-10-26-20(16)29/h3-8,10-11,15,17-18,21,28H,9H2,1-2H3,(H2,23,25,26)/t15-,17-,18-,21-/m1/s1. The summed E-state index contributed by atoms with van der Waals surface area (Å²) in [7, 11) is -3.83. The fourth-order valence-electron chi connectivity index (χ4n) is 4.59. The van der Waals surface area contributed by atoms with Crippen molar-refractivity contribution in [3.63, 3.8) is 0 Å². The van der Waals surface area contributed by atoms with Crippen LogP contribution in [-0.2, 0) is 24.2 Å². The van der Waals surface area contributed by atoms with Crippen molar-refractivity contribution in [3.05, 3.63) is 49.2 Å². The minimum Gasteiger partial charge on any atom is -0.382 e. The molecule has 2 fully saturated rings. The minimum atomic E-state index is -3.83. The monoisotopic (exact) mass is 497 g/mol. The molecule has 4 aromatic rings. The molecule has 35 heavy (non-hydrogen) atoms. The van der Waals surface area contributed by atoms with Gasteiger partial charge in [0.05, 0.1) is 16.7 Å². The van der Waals surface area contributed by atoms with Crippen LogP contribution in [0.3, 0.4) is 0 Å². The van der Waals surface area contributed by atoms with E-state index >= 15 is 0 Å². The molecular formula is C22H23N7O5S. The summed E-state index contributed by atoms with van der Waals surface area (Å²) in [5, 5.41) is 0.854. The van der Waals surface area contributed by atoms with E-state index in [0.29, 0.717) is 16.7 Å². The molecule has 4 atom stereocenters. The van der Waals surface area contributed by atoms with E-state index in [1.807, 2.05) is 6.07 Å². The molecule has 0 saturated carbocycles. The van der Waals surface area contributed by atoms with Crippen LogP contribution in [0.5, 0.6) is 0 Å². The number of sulfonamides is 1. The van der Waals surface area contributed by atoms with Crippen LogP contribution >= 0.6 is 0 Å². The molecule has 0 spiro atoms. The molecule has 0 unspecified atom stereocenters. The Labute approximate surface area is 200 Å². The number of pyridine rings is 1. The van der Waals surface area contributed by atoms with Crippen LogP contribution in [0.1, 0.15) is 20.1 Å². The second-order valence-electron chi connectivity index (χ2n) is 8.92. The van der Waals surface area contributed by atoms with Gasteiger partial charge in [0.25, 0.3) is 0 Å². The van der Waals surface area contributed by atoms with Crippen molar-refractivity contribution in [3.8, 4) is 0 Å². The zero-order chi connectivity index (χ0) is 24.4. The number of rotatable bonds is 5. The van der Waals surface area contributed by atoms with Gasteiger partial charge in [0, 0.05) is 18.1 Å². The summed E-state index contributed by atoms with van der Waals surface area (Å²) in [5.41, 5.74) is 7.45. The van der Waals surface area contributed by atoms with Crippen LogP contribution in [0.25, 0.3) is 22.1 Å². The Morgan fingerprint density at radius 2 is 1.94 bits per heavy atom. The summed E-state index contributed by atoms with van der Waals surface area (Å²) < 4.78 is 48.9. The van der Waals surface area contributed by atoms with Crippen molar-refractivity contribution >= 4 is 37.9 Å². The third-order valence-corrected chi connectivity index (χ3v) is 7.57. The predicted octanol–water partition coefficient (Wildman–Crippen LogP) is 1.35. The molecule has 0 bridgehead atoms. The van der Waals surface area contributed by atoms with E-state index in [0.717, 1.165) is 5.39 Å². The quantitative estimate of drug-likeness (QED) is 0.412. The summed E-state index contributed by atoms with van der Waals surface area (Å²) in [6.07, 6.45) is 2.21. The normalized spacial score (nSPS) is 25.9. The topological polar surface area (TPSA) is 156 Å². The Hall–Kier alpha value is -3.23. The van der Waals surface area contributed by atoms with E-state index in [-0.39, 0.29) is 17.3 Å². The molecule has 3 N–H and O–H groups in total. The van der Waals surface area contributed by atoms with Crippen LogP contribution in [0.4, 0.5) is 5.82 Å². The highest BCUT2D eigenvalue weighted by Crippen LogP contribution is 2.43. The van der Waals surface area contributed by atoms with Crippen LogP contribution in [0.2, 0.25) is 0 Å². The van der Waals surface area contributed by atoms with Gasteiger partial charge in [-0.3, -0.25) is 9.55 Å². The van der Waals surface area contributed by atoms with Gasteiger partial charge in [-0.2, -0.15) is 0 Å². The second-order valence-corrected chi connectivity index (χ2v) is 10.7. The van der Waals surface area contributed by atoms with Gasteiger partial charge in [0.15, 0.2) is 23.5 Å². The molecule has 0 amide bonds. The maximum Gasteiger partial charge on any atom is 0.240 e. The summed E-state index contributed by atoms with van der Waals surface area (Å²) in [4.78, 5) is 16.9. The summed E-state index contributed by atoms with van der Waals surface area (Å²) in [5.74, 6) is -0.621. The predicted molar refractivity (Wildman–Crippen MR) is 124 cm³/mol. The molecule has 5 heterocycles. The molecule has 182 valence electrons. The molecule has 2 aliphatic rings. The van der Waals surface area contributed by atoms with Gasteiger partial charge in [-0.05, 0) is 32.0 Å². The van der Waals surface area contributed by atoms with Gasteiger partial charge in [-0.15, -0.1) is 0 Å². The van der Waals surface area contributed by atoms with Crippen molar-refractivity contribution in [2.24, 2.45) is 0 Å². The van der Waals surface area contributed by atoms with Crippen molar-refractivity contribution in [1.29, 1.82) is 0 Å². The molecule has 6 rings (SSSR count). The van der Waals surface area contributed by atoms with E-state index in [9.17, 15) is 8.42 Å². The molecule has 13 heteroatoms. The number of hydrogen-bond donors (Lipinski definition) is 2. The van der Waals surface area contributed by atoms with Gasteiger partial charge in [0.2, 0.25) is 10.0 Å². The molecule has 1 aromatic carbocycles. The number of imidazole rings is 1.